The molecule has 4 nitrogen and oxygen atoms in total. The van der Waals surface area contributed by atoms with Gasteiger partial charge >= 0.3 is 5.97 Å². The van der Waals surface area contributed by atoms with Crippen LogP contribution in [0.25, 0.3) is 0 Å². The lowest BCUT2D eigenvalue weighted by Crippen LogP contribution is -2.30. The van der Waals surface area contributed by atoms with Gasteiger partial charge in [-0.2, -0.15) is 0 Å². The molecule has 1 atom stereocenters. The van der Waals surface area contributed by atoms with Crippen molar-refractivity contribution in [3.05, 3.63) is 65.5 Å². The van der Waals surface area contributed by atoms with Crippen LogP contribution in [0.5, 0.6) is 0 Å². The van der Waals surface area contributed by atoms with Crippen LogP contribution in [-0.2, 0) is 20.7 Å². The van der Waals surface area contributed by atoms with Gasteiger partial charge in [0.25, 0.3) is 5.91 Å². The second kappa shape index (κ2) is 8.32. The first-order chi connectivity index (χ1) is 11.9. The summed E-state index contributed by atoms with van der Waals surface area (Å²) in [6.07, 6.45) is -0.691. The summed E-state index contributed by atoms with van der Waals surface area (Å²) < 4.78 is 44.5. The molecule has 0 saturated carbocycles. The predicted octanol–water partition coefficient (Wildman–Crippen LogP) is 3.61. The van der Waals surface area contributed by atoms with Crippen molar-refractivity contribution in [2.45, 2.75) is 25.9 Å². The van der Waals surface area contributed by atoms with Gasteiger partial charge in [-0.15, -0.1) is 0 Å². The molecule has 132 valence electrons. The van der Waals surface area contributed by atoms with Gasteiger partial charge in [-0.1, -0.05) is 30.3 Å². The van der Waals surface area contributed by atoms with E-state index in [1.165, 1.54) is 6.92 Å². The topological polar surface area (TPSA) is 55.4 Å². The van der Waals surface area contributed by atoms with Crippen molar-refractivity contribution in [3.8, 4) is 0 Å². The van der Waals surface area contributed by atoms with Gasteiger partial charge in [-0.3, -0.25) is 9.59 Å². The SMILES string of the molecule is C[C@@H](OC(=O)CCc1ccccc1)C(=O)Nc1ccc(F)c(F)c1F. The maximum absolute atomic E-state index is 13.5. The number of ether oxygens (including phenoxy) is 1. The first-order valence-corrected chi connectivity index (χ1v) is 7.56. The maximum atomic E-state index is 13.5. The van der Waals surface area contributed by atoms with Crippen LogP contribution in [0.4, 0.5) is 18.9 Å². The van der Waals surface area contributed by atoms with E-state index in [1.807, 2.05) is 30.3 Å². The van der Waals surface area contributed by atoms with Crippen LogP contribution < -0.4 is 5.32 Å². The number of anilines is 1. The van der Waals surface area contributed by atoms with Gasteiger partial charge in [0.15, 0.2) is 23.6 Å². The average Bonchev–Trinajstić information content (AvgIpc) is 2.61. The molecule has 25 heavy (non-hydrogen) atoms. The minimum Gasteiger partial charge on any atom is -0.453 e. The standard InChI is InChI=1S/C18H16F3NO3/c1-11(25-15(23)10-7-12-5-3-2-4-6-12)18(24)22-14-9-8-13(19)16(20)17(14)21/h2-6,8-9,11H,7,10H2,1H3,(H,22,24)/t11-/m1/s1. The van der Waals surface area contributed by atoms with Gasteiger partial charge < -0.3 is 10.1 Å². The fraction of sp³-hybridized carbons (Fsp3) is 0.222. The van der Waals surface area contributed by atoms with E-state index in [4.69, 9.17) is 4.74 Å². The van der Waals surface area contributed by atoms with E-state index in [2.05, 4.69) is 5.32 Å². The summed E-state index contributed by atoms with van der Waals surface area (Å²) in [7, 11) is 0. The molecule has 2 aromatic rings. The number of carbonyl (C=O) groups excluding carboxylic acids is 2. The molecular weight excluding hydrogens is 335 g/mol. The van der Waals surface area contributed by atoms with Gasteiger partial charge in [0.1, 0.15) is 0 Å². The number of hydrogen-bond donors (Lipinski definition) is 1. The second-order valence-electron chi connectivity index (χ2n) is 5.33. The van der Waals surface area contributed by atoms with E-state index in [-0.39, 0.29) is 6.42 Å². The van der Waals surface area contributed by atoms with Crippen molar-refractivity contribution in [2.75, 3.05) is 5.32 Å². The third kappa shape index (κ3) is 5.07. The zero-order valence-corrected chi connectivity index (χ0v) is 13.4. The van der Waals surface area contributed by atoms with E-state index < -0.39 is 41.1 Å². The third-order valence-corrected chi connectivity index (χ3v) is 3.43. The summed E-state index contributed by atoms with van der Waals surface area (Å²) in [6.45, 7) is 1.30. The van der Waals surface area contributed by atoms with Crippen molar-refractivity contribution >= 4 is 17.6 Å². The van der Waals surface area contributed by atoms with Crippen molar-refractivity contribution in [1.29, 1.82) is 0 Å². The Kier molecular flexibility index (Phi) is 6.16. The molecule has 2 aromatic carbocycles. The highest BCUT2D eigenvalue weighted by Crippen LogP contribution is 2.20. The molecule has 0 bridgehead atoms. The van der Waals surface area contributed by atoms with Crippen LogP contribution in [0, 0.1) is 17.5 Å². The lowest BCUT2D eigenvalue weighted by atomic mass is 10.1. The van der Waals surface area contributed by atoms with Crippen LogP contribution >= 0.6 is 0 Å². The Hall–Kier alpha value is -2.83. The Balaban J connectivity index is 1.87. The number of nitrogens with one attached hydrogen (secondary N) is 1. The molecule has 0 fully saturated rings. The Labute approximate surface area is 142 Å². The van der Waals surface area contributed by atoms with E-state index in [1.54, 1.807) is 0 Å². The van der Waals surface area contributed by atoms with Crippen molar-refractivity contribution in [2.24, 2.45) is 0 Å². The van der Waals surface area contributed by atoms with Gasteiger partial charge in [0.2, 0.25) is 0 Å². The number of carbonyl (C=O) groups is 2. The number of esters is 1. The first-order valence-electron chi connectivity index (χ1n) is 7.56. The normalized spacial score (nSPS) is 11.7. The number of halogens is 3. The van der Waals surface area contributed by atoms with Gasteiger partial charge in [0, 0.05) is 6.42 Å². The monoisotopic (exact) mass is 351 g/mol. The zero-order valence-electron chi connectivity index (χ0n) is 13.4. The van der Waals surface area contributed by atoms with Gasteiger partial charge in [-0.05, 0) is 31.0 Å². The summed E-state index contributed by atoms with van der Waals surface area (Å²) in [6, 6.07) is 10.8. The van der Waals surface area contributed by atoms with Crippen molar-refractivity contribution in [3.63, 3.8) is 0 Å². The minimum atomic E-state index is -1.69. The average molecular weight is 351 g/mol. The van der Waals surface area contributed by atoms with E-state index in [0.29, 0.717) is 12.5 Å². The lowest BCUT2D eigenvalue weighted by Gasteiger charge is -2.14. The molecule has 0 aromatic heterocycles. The molecule has 0 aliphatic heterocycles. The Morgan fingerprint density at radius 1 is 1.04 bits per heavy atom. The number of hydrogen-bond acceptors (Lipinski definition) is 3. The van der Waals surface area contributed by atoms with Crippen LogP contribution in [0.1, 0.15) is 18.9 Å². The zero-order chi connectivity index (χ0) is 18.4. The second-order valence-corrected chi connectivity index (χ2v) is 5.33. The number of rotatable bonds is 6. The molecule has 0 aliphatic rings. The fourth-order valence-corrected chi connectivity index (χ4v) is 2.06. The smallest absolute Gasteiger partial charge is 0.306 e. The minimum absolute atomic E-state index is 0.0706. The molecule has 7 heteroatoms. The molecule has 0 spiro atoms. The van der Waals surface area contributed by atoms with E-state index in [9.17, 15) is 22.8 Å². The molecule has 0 saturated heterocycles. The first kappa shape index (κ1) is 18.5. The lowest BCUT2D eigenvalue weighted by molar-refractivity contribution is -0.153. The van der Waals surface area contributed by atoms with Crippen LogP contribution in [0.2, 0.25) is 0 Å². The summed E-state index contributed by atoms with van der Waals surface area (Å²) in [5.41, 5.74) is 0.413. The molecule has 0 radical (unpaired) electrons. The Morgan fingerprint density at radius 2 is 1.72 bits per heavy atom. The van der Waals surface area contributed by atoms with Crippen LogP contribution in [-0.4, -0.2) is 18.0 Å². The van der Waals surface area contributed by atoms with Gasteiger partial charge in [-0.25, -0.2) is 13.2 Å². The quantitative estimate of drug-likeness (QED) is 0.639. The molecule has 2 rings (SSSR count). The number of amides is 1. The largest absolute Gasteiger partial charge is 0.453 e. The summed E-state index contributed by atoms with van der Waals surface area (Å²) in [4.78, 5) is 23.7. The highest BCUT2D eigenvalue weighted by molar-refractivity contribution is 5.95. The summed E-state index contributed by atoms with van der Waals surface area (Å²) in [5.74, 6) is -6.02. The predicted molar refractivity (Wildman–Crippen MR) is 85.3 cm³/mol. The van der Waals surface area contributed by atoms with E-state index >= 15 is 0 Å². The van der Waals surface area contributed by atoms with Crippen LogP contribution in [0.15, 0.2) is 42.5 Å². The number of benzene rings is 2. The molecule has 1 amide bonds. The molecule has 0 aliphatic carbocycles. The van der Waals surface area contributed by atoms with E-state index in [0.717, 1.165) is 11.6 Å². The highest BCUT2D eigenvalue weighted by atomic mass is 19.2. The van der Waals surface area contributed by atoms with Crippen molar-refractivity contribution in [1.82, 2.24) is 0 Å². The highest BCUT2D eigenvalue weighted by Gasteiger charge is 2.21. The molecule has 0 heterocycles. The number of aryl methyl sites for hydroxylation is 1. The molecular formula is C18H16F3NO3. The maximum Gasteiger partial charge on any atom is 0.306 e. The van der Waals surface area contributed by atoms with Crippen molar-refractivity contribution < 1.29 is 27.5 Å². The molecule has 1 N–H and O–H groups in total. The van der Waals surface area contributed by atoms with Crippen LogP contribution in [0.3, 0.4) is 0 Å². The molecule has 0 unspecified atom stereocenters. The Bertz CT molecular complexity index is 766. The summed E-state index contributed by atoms with van der Waals surface area (Å²) in [5, 5.41) is 2.06. The third-order valence-electron chi connectivity index (χ3n) is 3.43. The Morgan fingerprint density at radius 3 is 2.40 bits per heavy atom. The summed E-state index contributed by atoms with van der Waals surface area (Å²) >= 11 is 0. The van der Waals surface area contributed by atoms with Gasteiger partial charge in [0.05, 0.1) is 5.69 Å². The fourth-order valence-electron chi connectivity index (χ4n) is 2.06.